The third kappa shape index (κ3) is 3.46. The molecule has 1 unspecified atom stereocenters. The number of amides is 2. The van der Waals surface area contributed by atoms with Gasteiger partial charge < -0.3 is 16.0 Å². The molecule has 2 amide bonds. The number of urea groups is 1. The number of benzene rings is 1. The summed E-state index contributed by atoms with van der Waals surface area (Å²) in [6.07, 6.45) is 0. The monoisotopic (exact) mass is 235 g/mol. The Hall–Kier alpha value is -1.55. The van der Waals surface area contributed by atoms with E-state index >= 15 is 0 Å². The molecule has 1 rings (SSSR count). The second-order valence-corrected chi connectivity index (χ2v) is 3.98. The molecule has 0 aromatic heterocycles. The zero-order valence-corrected chi connectivity index (χ0v) is 10.7. The van der Waals surface area contributed by atoms with E-state index in [4.69, 9.17) is 5.73 Å². The summed E-state index contributed by atoms with van der Waals surface area (Å²) in [5.74, 6) is 0. The van der Waals surface area contributed by atoms with Crippen LogP contribution in [-0.2, 0) is 0 Å². The van der Waals surface area contributed by atoms with Gasteiger partial charge in [-0.3, -0.25) is 0 Å². The van der Waals surface area contributed by atoms with Crippen molar-refractivity contribution < 1.29 is 4.79 Å². The standard InChI is InChI=1S/C13H21N3O/c1-4-16(5-2)13(17)15-12-9-7-6-8-11(12)10(3)14/h6-10H,4-5,14H2,1-3H3,(H,15,17). The number of para-hydroxylation sites is 1. The van der Waals surface area contributed by atoms with Gasteiger partial charge in [-0.25, -0.2) is 4.79 Å². The van der Waals surface area contributed by atoms with Crippen LogP contribution in [-0.4, -0.2) is 24.0 Å². The predicted octanol–water partition coefficient (Wildman–Crippen LogP) is 2.58. The van der Waals surface area contributed by atoms with E-state index in [2.05, 4.69) is 5.32 Å². The van der Waals surface area contributed by atoms with Crippen molar-refractivity contribution in [3.05, 3.63) is 29.8 Å². The average Bonchev–Trinajstić information content (AvgIpc) is 2.31. The van der Waals surface area contributed by atoms with Crippen molar-refractivity contribution in [1.82, 2.24) is 4.90 Å². The van der Waals surface area contributed by atoms with Crippen molar-refractivity contribution >= 4 is 11.7 Å². The molecule has 0 spiro atoms. The molecule has 94 valence electrons. The van der Waals surface area contributed by atoms with Crippen molar-refractivity contribution in [1.29, 1.82) is 0 Å². The minimum Gasteiger partial charge on any atom is -0.325 e. The first kappa shape index (κ1) is 13.5. The van der Waals surface area contributed by atoms with Crippen LogP contribution in [0.3, 0.4) is 0 Å². The summed E-state index contributed by atoms with van der Waals surface area (Å²) in [6.45, 7) is 7.22. The number of anilines is 1. The molecule has 0 fully saturated rings. The SMILES string of the molecule is CCN(CC)C(=O)Nc1ccccc1C(C)N. The van der Waals surface area contributed by atoms with E-state index in [1.54, 1.807) is 4.90 Å². The lowest BCUT2D eigenvalue weighted by Gasteiger charge is -2.21. The average molecular weight is 235 g/mol. The lowest BCUT2D eigenvalue weighted by molar-refractivity contribution is 0.217. The number of hydrogen-bond acceptors (Lipinski definition) is 2. The molecule has 17 heavy (non-hydrogen) atoms. The molecule has 0 aliphatic heterocycles. The van der Waals surface area contributed by atoms with E-state index in [0.29, 0.717) is 13.1 Å². The van der Waals surface area contributed by atoms with E-state index in [-0.39, 0.29) is 12.1 Å². The van der Waals surface area contributed by atoms with Crippen LogP contribution in [0.1, 0.15) is 32.4 Å². The first-order valence-electron chi connectivity index (χ1n) is 6.00. The zero-order chi connectivity index (χ0) is 12.8. The molecule has 3 N–H and O–H groups in total. The maximum absolute atomic E-state index is 11.9. The van der Waals surface area contributed by atoms with E-state index in [1.165, 1.54) is 0 Å². The summed E-state index contributed by atoms with van der Waals surface area (Å²) in [6, 6.07) is 7.45. The zero-order valence-electron chi connectivity index (χ0n) is 10.7. The largest absolute Gasteiger partial charge is 0.325 e. The highest BCUT2D eigenvalue weighted by Crippen LogP contribution is 2.20. The van der Waals surface area contributed by atoms with Crippen LogP contribution in [0.2, 0.25) is 0 Å². The van der Waals surface area contributed by atoms with Crippen molar-refractivity contribution in [3.8, 4) is 0 Å². The Balaban J connectivity index is 2.84. The number of nitrogens with one attached hydrogen (secondary N) is 1. The number of nitrogens with two attached hydrogens (primary N) is 1. The Labute approximate surface area is 103 Å². The molecule has 0 aliphatic carbocycles. The van der Waals surface area contributed by atoms with Gasteiger partial charge in [0, 0.05) is 24.8 Å². The number of hydrogen-bond donors (Lipinski definition) is 2. The number of carbonyl (C=O) groups excluding carboxylic acids is 1. The molecule has 0 saturated carbocycles. The van der Waals surface area contributed by atoms with Gasteiger partial charge in [-0.05, 0) is 32.4 Å². The number of rotatable bonds is 4. The van der Waals surface area contributed by atoms with Gasteiger partial charge in [-0.2, -0.15) is 0 Å². The predicted molar refractivity (Wildman–Crippen MR) is 71.0 cm³/mol. The Morgan fingerprint density at radius 2 is 1.94 bits per heavy atom. The maximum atomic E-state index is 11.9. The Bertz CT molecular complexity index is 373. The molecule has 0 aliphatic rings. The summed E-state index contributed by atoms with van der Waals surface area (Å²) in [5.41, 5.74) is 7.61. The molecule has 1 atom stereocenters. The van der Waals surface area contributed by atoms with E-state index in [1.807, 2.05) is 45.0 Å². The van der Waals surface area contributed by atoms with Crippen LogP contribution in [0.5, 0.6) is 0 Å². The highest BCUT2D eigenvalue weighted by Gasteiger charge is 2.12. The van der Waals surface area contributed by atoms with Crippen molar-refractivity contribution in [2.75, 3.05) is 18.4 Å². The van der Waals surface area contributed by atoms with E-state index in [9.17, 15) is 4.79 Å². The highest BCUT2D eigenvalue weighted by molar-refractivity contribution is 5.90. The van der Waals surface area contributed by atoms with Gasteiger partial charge in [0.25, 0.3) is 0 Å². The van der Waals surface area contributed by atoms with Crippen LogP contribution in [0.4, 0.5) is 10.5 Å². The van der Waals surface area contributed by atoms with Gasteiger partial charge >= 0.3 is 6.03 Å². The molecule has 0 heterocycles. The Morgan fingerprint density at radius 3 is 2.47 bits per heavy atom. The van der Waals surface area contributed by atoms with E-state index in [0.717, 1.165) is 11.3 Å². The second kappa shape index (κ2) is 6.25. The van der Waals surface area contributed by atoms with Crippen LogP contribution < -0.4 is 11.1 Å². The number of carbonyl (C=O) groups is 1. The van der Waals surface area contributed by atoms with Gasteiger partial charge in [-0.15, -0.1) is 0 Å². The van der Waals surface area contributed by atoms with Gasteiger partial charge in [0.1, 0.15) is 0 Å². The fourth-order valence-corrected chi connectivity index (χ4v) is 1.71. The first-order valence-corrected chi connectivity index (χ1v) is 6.00. The van der Waals surface area contributed by atoms with Crippen LogP contribution >= 0.6 is 0 Å². The summed E-state index contributed by atoms with van der Waals surface area (Å²) >= 11 is 0. The molecule has 4 heteroatoms. The molecular formula is C13H21N3O. The van der Waals surface area contributed by atoms with Crippen LogP contribution in [0.15, 0.2) is 24.3 Å². The molecule has 0 saturated heterocycles. The maximum Gasteiger partial charge on any atom is 0.321 e. The van der Waals surface area contributed by atoms with Gasteiger partial charge in [0.15, 0.2) is 0 Å². The third-order valence-electron chi connectivity index (χ3n) is 2.74. The van der Waals surface area contributed by atoms with Gasteiger partial charge in [-0.1, -0.05) is 18.2 Å². The molecule has 0 bridgehead atoms. The minimum atomic E-state index is -0.0943. The fraction of sp³-hybridized carbons (Fsp3) is 0.462. The Kier molecular flexibility index (Phi) is 4.97. The van der Waals surface area contributed by atoms with Gasteiger partial charge in [0.2, 0.25) is 0 Å². The van der Waals surface area contributed by atoms with Crippen molar-refractivity contribution in [2.24, 2.45) is 5.73 Å². The molecule has 4 nitrogen and oxygen atoms in total. The smallest absolute Gasteiger partial charge is 0.321 e. The summed E-state index contributed by atoms with van der Waals surface area (Å²) in [7, 11) is 0. The number of nitrogens with zero attached hydrogens (tertiary/aromatic N) is 1. The van der Waals surface area contributed by atoms with Crippen molar-refractivity contribution in [3.63, 3.8) is 0 Å². The Morgan fingerprint density at radius 1 is 1.35 bits per heavy atom. The fourth-order valence-electron chi connectivity index (χ4n) is 1.71. The van der Waals surface area contributed by atoms with E-state index < -0.39 is 0 Å². The lowest BCUT2D eigenvalue weighted by atomic mass is 10.1. The minimum absolute atomic E-state index is 0.0805. The summed E-state index contributed by atoms with van der Waals surface area (Å²) in [5, 5.41) is 2.90. The van der Waals surface area contributed by atoms with Crippen molar-refractivity contribution in [2.45, 2.75) is 26.8 Å². The highest BCUT2D eigenvalue weighted by atomic mass is 16.2. The second-order valence-electron chi connectivity index (χ2n) is 3.98. The lowest BCUT2D eigenvalue weighted by Crippen LogP contribution is -2.34. The first-order chi connectivity index (χ1) is 8.10. The third-order valence-corrected chi connectivity index (χ3v) is 2.74. The quantitative estimate of drug-likeness (QED) is 0.842. The summed E-state index contributed by atoms with van der Waals surface area (Å²) in [4.78, 5) is 13.7. The topological polar surface area (TPSA) is 58.4 Å². The van der Waals surface area contributed by atoms with Gasteiger partial charge in [0.05, 0.1) is 0 Å². The molecule has 1 aromatic rings. The summed E-state index contributed by atoms with van der Waals surface area (Å²) < 4.78 is 0. The molecular weight excluding hydrogens is 214 g/mol. The van der Waals surface area contributed by atoms with Crippen LogP contribution in [0.25, 0.3) is 0 Å². The molecule has 0 radical (unpaired) electrons. The molecule has 1 aromatic carbocycles. The van der Waals surface area contributed by atoms with Crippen LogP contribution in [0, 0.1) is 0 Å². The normalized spacial score (nSPS) is 12.0.